The zero-order valence-corrected chi connectivity index (χ0v) is 17.2. The molecule has 0 spiro atoms. The number of aromatic nitrogens is 3. The first-order valence-electron chi connectivity index (χ1n) is 9.36. The van der Waals surface area contributed by atoms with E-state index in [1.165, 1.54) is 17.8 Å². The van der Waals surface area contributed by atoms with Crippen LogP contribution in [-0.2, 0) is 21.8 Å². The lowest BCUT2D eigenvalue weighted by Gasteiger charge is -2.13. The molecule has 1 atom stereocenters. The maximum absolute atomic E-state index is 14.1. The summed E-state index contributed by atoms with van der Waals surface area (Å²) in [5.41, 5.74) is 1.90. The number of carbonyl (C=O) groups excluding carboxylic acids is 1. The maximum Gasteiger partial charge on any atom is 0.240 e. The molecule has 1 aromatic carbocycles. The van der Waals surface area contributed by atoms with E-state index in [9.17, 15) is 9.18 Å². The molecule has 1 aliphatic rings. The molecule has 0 aliphatic carbocycles. The number of nitrogens with one attached hydrogen (secondary N) is 1. The first-order valence-corrected chi connectivity index (χ1v) is 10.7. The van der Waals surface area contributed by atoms with Crippen molar-refractivity contribution >= 4 is 40.3 Å². The summed E-state index contributed by atoms with van der Waals surface area (Å²) in [7, 11) is 0. The summed E-state index contributed by atoms with van der Waals surface area (Å²) in [6.07, 6.45) is 5.40. The molecule has 3 heterocycles. The molecule has 4 rings (SSSR count). The van der Waals surface area contributed by atoms with E-state index in [0.29, 0.717) is 28.0 Å². The molecule has 0 saturated carbocycles. The van der Waals surface area contributed by atoms with E-state index in [0.717, 1.165) is 30.5 Å². The van der Waals surface area contributed by atoms with Crippen molar-refractivity contribution in [2.45, 2.75) is 36.4 Å². The number of hydrogen-bond acceptors (Lipinski definition) is 5. The molecule has 1 amide bonds. The number of pyridine rings is 1. The third kappa shape index (κ3) is 4.71. The van der Waals surface area contributed by atoms with E-state index >= 15 is 0 Å². The Kier molecular flexibility index (Phi) is 6.32. The van der Waals surface area contributed by atoms with E-state index in [1.807, 2.05) is 0 Å². The number of ether oxygens (including phenoxy) is 1. The lowest BCUT2D eigenvalue weighted by Crippen LogP contribution is -2.34. The van der Waals surface area contributed by atoms with Gasteiger partial charge in [-0.05, 0) is 31.0 Å². The first kappa shape index (κ1) is 20.1. The molecule has 6 nitrogen and oxygen atoms in total. The maximum atomic E-state index is 14.1. The zero-order valence-electron chi connectivity index (χ0n) is 15.6. The topological polar surface area (TPSA) is 69.0 Å². The largest absolute Gasteiger partial charge is 0.376 e. The second-order valence-corrected chi connectivity index (χ2v) is 8.12. The van der Waals surface area contributed by atoms with Crippen LogP contribution in [0.25, 0.3) is 11.0 Å². The van der Waals surface area contributed by atoms with Crippen molar-refractivity contribution in [3.05, 3.63) is 53.1 Å². The van der Waals surface area contributed by atoms with Gasteiger partial charge < -0.3 is 14.6 Å². The zero-order chi connectivity index (χ0) is 20.2. The molecule has 1 aliphatic heterocycles. The molecular weight excluding hydrogens is 415 g/mol. The van der Waals surface area contributed by atoms with Crippen LogP contribution in [0.4, 0.5) is 4.39 Å². The van der Waals surface area contributed by atoms with Gasteiger partial charge in [-0.1, -0.05) is 29.4 Å². The van der Waals surface area contributed by atoms with Gasteiger partial charge in [-0.3, -0.25) is 9.78 Å². The van der Waals surface area contributed by atoms with Crippen molar-refractivity contribution in [2.75, 3.05) is 13.2 Å². The van der Waals surface area contributed by atoms with Crippen LogP contribution in [0.2, 0.25) is 5.02 Å². The number of carbonyl (C=O) groups is 1. The number of benzene rings is 1. The standard InChI is InChI=1S/C20H20ClFN4O2S/c21-15-4-1-5-16(22)14(15)12-29-20-25-17-6-7-23-10-18(17)26(20)11-19(27)24-9-13-3-2-8-28-13/h1,4-7,10,13H,2-3,8-9,11-12H2,(H,24,27). The van der Waals surface area contributed by atoms with Gasteiger partial charge >= 0.3 is 0 Å². The quantitative estimate of drug-likeness (QED) is 0.572. The number of rotatable bonds is 7. The van der Waals surface area contributed by atoms with Gasteiger partial charge in [0.15, 0.2) is 5.16 Å². The minimum Gasteiger partial charge on any atom is -0.376 e. The summed E-state index contributed by atoms with van der Waals surface area (Å²) in [6.45, 7) is 1.34. The lowest BCUT2D eigenvalue weighted by molar-refractivity contribution is -0.122. The number of hydrogen-bond donors (Lipinski definition) is 1. The highest BCUT2D eigenvalue weighted by Crippen LogP contribution is 2.30. The van der Waals surface area contributed by atoms with Crippen molar-refractivity contribution in [1.29, 1.82) is 0 Å². The fraction of sp³-hybridized carbons (Fsp3) is 0.350. The minimum atomic E-state index is -0.358. The molecule has 2 aromatic heterocycles. The Labute approximate surface area is 176 Å². The minimum absolute atomic E-state index is 0.0807. The van der Waals surface area contributed by atoms with E-state index < -0.39 is 0 Å². The van der Waals surface area contributed by atoms with Crippen molar-refractivity contribution in [2.24, 2.45) is 0 Å². The molecule has 1 unspecified atom stereocenters. The Morgan fingerprint density at radius 3 is 3.10 bits per heavy atom. The molecule has 9 heteroatoms. The third-order valence-corrected chi connectivity index (χ3v) is 6.13. The molecule has 1 N–H and O–H groups in total. The van der Waals surface area contributed by atoms with Gasteiger partial charge in [-0.2, -0.15) is 0 Å². The second kappa shape index (κ2) is 9.11. The first-order chi connectivity index (χ1) is 14.1. The van der Waals surface area contributed by atoms with Crippen molar-refractivity contribution in [3.8, 4) is 0 Å². The van der Waals surface area contributed by atoms with Gasteiger partial charge in [-0.25, -0.2) is 9.37 Å². The van der Waals surface area contributed by atoms with Crippen LogP contribution in [0.3, 0.4) is 0 Å². The van der Waals surface area contributed by atoms with Crippen LogP contribution in [0.15, 0.2) is 41.8 Å². The number of amides is 1. The SMILES string of the molecule is O=C(Cn1c(SCc2c(F)cccc2Cl)nc2ccncc21)NCC1CCCO1. The lowest BCUT2D eigenvalue weighted by atomic mass is 10.2. The van der Waals surface area contributed by atoms with Gasteiger partial charge in [0, 0.05) is 35.7 Å². The van der Waals surface area contributed by atoms with E-state index in [1.54, 1.807) is 35.2 Å². The fourth-order valence-corrected chi connectivity index (χ4v) is 4.61. The average molecular weight is 435 g/mol. The van der Waals surface area contributed by atoms with Crippen molar-refractivity contribution in [3.63, 3.8) is 0 Å². The Bertz CT molecular complexity index is 1000. The monoisotopic (exact) mass is 434 g/mol. The van der Waals surface area contributed by atoms with Crippen LogP contribution < -0.4 is 5.32 Å². The molecule has 0 bridgehead atoms. The summed E-state index contributed by atoms with van der Waals surface area (Å²) in [6, 6.07) is 6.40. The van der Waals surface area contributed by atoms with Gasteiger partial charge in [0.2, 0.25) is 5.91 Å². The highest BCUT2D eigenvalue weighted by Gasteiger charge is 2.19. The van der Waals surface area contributed by atoms with E-state index in [-0.39, 0.29) is 24.4 Å². The highest BCUT2D eigenvalue weighted by atomic mass is 35.5. The molecule has 1 saturated heterocycles. The summed E-state index contributed by atoms with van der Waals surface area (Å²) in [5, 5.41) is 3.91. The highest BCUT2D eigenvalue weighted by molar-refractivity contribution is 7.98. The number of nitrogens with zero attached hydrogens (tertiary/aromatic N) is 3. The Morgan fingerprint density at radius 2 is 2.31 bits per heavy atom. The van der Waals surface area contributed by atoms with Gasteiger partial charge in [-0.15, -0.1) is 0 Å². The second-order valence-electron chi connectivity index (χ2n) is 6.77. The average Bonchev–Trinajstić information content (AvgIpc) is 3.34. The van der Waals surface area contributed by atoms with Gasteiger partial charge in [0.1, 0.15) is 12.4 Å². The van der Waals surface area contributed by atoms with Crippen LogP contribution in [0.5, 0.6) is 0 Å². The van der Waals surface area contributed by atoms with Crippen LogP contribution >= 0.6 is 23.4 Å². The molecule has 1 fully saturated rings. The predicted molar refractivity (Wildman–Crippen MR) is 110 cm³/mol. The summed E-state index contributed by atoms with van der Waals surface area (Å²) in [4.78, 5) is 21.3. The molecule has 3 aromatic rings. The molecule has 152 valence electrons. The molecule has 0 radical (unpaired) electrons. The molecular formula is C20H20ClFN4O2S. The van der Waals surface area contributed by atoms with Crippen molar-refractivity contribution < 1.29 is 13.9 Å². The van der Waals surface area contributed by atoms with E-state index in [4.69, 9.17) is 16.3 Å². The van der Waals surface area contributed by atoms with Crippen molar-refractivity contribution in [1.82, 2.24) is 19.9 Å². The van der Waals surface area contributed by atoms with Gasteiger partial charge in [0.25, 0.3) is 0 Å². The number of fused-ring (bicyclic) bond motifs is 1. The normalized spacial score (nSPS) is 16.4. The number of imidazole rings is 1. The summed E-state index contributed by atoms with van der Waals surface area (Å²) < 4.78 is 21.5. The van der Waals surface area contributed by atoms with Crippen LogP contribution in [-0.4, -0.2) is 39.7 Å². The Balaban J connectivity index is 1.51. The Hall–Kier alpha value is -2.16. The molecule has 29 heavy (non-hydrogen) atoms. The number of halogens is 2. The number of thioether (sulfide) groups is 1. The smallest absolute Gasteiger partial charge is 0.240 e. The van der Waals surface area contributed by atoms with Gasteiger partial charge in [0.05, 0.1) is 23.3 Å². The van der Waals surface area contributed by atoms with Crippen LogP contribution in [0.1, 0.15) is 18.4 Å². The summed E-state index contributed by atoms with van der Waals surface area (Å²) >= 11 is 7.47. The Morgan fingerprint density at radius 1 is 1.41 bits per heavy atom. The van der Waals surface area contributed by atoms with Crippen LogP contribution in [0, 0.1) is 5.82 Å². The third-order valence-electron chi connectivity index (χ3n) is 4.78. The van der Waals surface area contributed by atoms with E-state index in [2.05, 4.69) is 15.3 Å². The summed E-state index contributed by atoms with van der Waals surface area (Å²) in [5.74, 6) is -0.183. The fourth-order valence-electron chi connectivity index (χ4n) is 3.25. The predicted octanol–water partition coefficient (Wildman–Crippen LogP) is 3.81.